The van der Waals surface area contributed by atoms with E-state index < -0.39 is 0 Å². The number of ether oxygens (including phenoxy) is 1. The van der Waals surface area contributed by atoms with E-state index in [1.807, 2.05) is 60.7 Å². The van der Waals surface area contributed by atoms with Crippen LogP contribution >= 0.6 is 0 Å². The Morgan fingerprint density at radius 1 is 0.917 bits per heavy atom. The molecule has 5 nitrogen and oxygen atoms in total. The predicted octanol–water partition coefficient (Wildman–Crippen LogP) is 4.83. The van der Waals surface area contributed by atoms with Gasteiger partial charge < -0.3 is 15.4 Å². The molecule has 0 bridgehead atoms. The summed E-state index contributed by atoms with van der Waals surface area (Å²) < 4.78 is 5.78. The summed E-state index contributed by atoms with van der Waals surface area (Å²) >= 11 is 0. The molecule has 5 heteroatoms. The van der Waals surface area contributed by atoms with E-state index in [1.54, 1.807) is 6.20 Å². The number of nitrogens with zero attached hydrogens (tertiary/aromatic N) is 2. The third-order valence-corrected chi connectivity index (χ3v) is 3.29. The van der Waals surface area contributed by atoms with E-state index in [-0.39, 0.29) is 0 Å². The quantitative estimate of drug-likeness (QED) is 0.652. The minimum atomic E-state index is 0.630. The number of hydrogen-bond donors (Lipinski definition) is 2. The molecule has 0 spiro atoms. The molecule has 0 saturated carbocycles. The predicted molar refractivity (Wildman–Crippen MR) is 97.1 cm³/mol. The fourth-order valence-corrected chi connectivity index (χ4v) is 2.13. The van der Waals surface area contributed by atoms with Crippen molar-refractivity contribution < 1.29 is 4.74 Å². The van der Waals surface area contributed by atoms with Gasteiger partial charge in [0.15, 0.2) is 0 Å². The van der Waals surface area contributed by atoms with E-state index in [2.05, 4.69) is 27.5 Å². The van der Waals surface area contributed by atoms with Crippen LogP contribution in [0.2, 0.25) is 0 Å². The van der Waals surface area contributed by atoms with Crippen molar-refractivity contribution in [1.82, 2.24) is 9.97 Å². The number of para-hydroxylation sites is 1. The van der Waals surface area contributed by atoms with E-state index in [1.165, 1.54) is 0 Å². The van der Waals surface area contributed by atoms with Crippen molar-refractivity contribution in [2.45, 2.75) is 13.3 Å². The van der Waals surface area contributed by atoms with Crippen molar-refractivity contribution in [3.63, 3.8) is 0 Å². The molecular weight excluding hydrogens is 300 g/mol. The summed E-state index contributed by atoms with van der Waals surface area (Å²) in [7, 11) is 0. The number of anilines is 3. The molecule has 122 valence electrons. The fraction of sp³-hybridized carbons (Fsp3) is 0.158. The number of rotatable bonds is 7. The van der Waals surface area contributed by atoms with Gasteiger partial charge in [-0.05, 0) is 48.9 Å². The van der Waals surface area contributed by atoms with Crippen molar-refractivity contribution in [2.24, 2.45) is 0 Å². The highest BCUT2D eigenvalue weighted by molar-refractivity contribution is 5.58. The van der Waals surface area contributed by atoms with Gasteiger partial charge in [-0.25, -0.2) is 4.98 Å². The minimum absolute atomic E-state index is 0.630. The van der Waals surface area contributed by atoms with Gasteiger partial charge in [0.05, 0.1) is 0 Å². The highest BCUT2D eigenvalue weighted by Crippen LogP contribution is 2.24. The van der Waals surface area contributed by atoms with Gasteiger partial charge in [-0.3, -0.25) is 0 Å². The molecule has 24 heavy (non-hydrogen) atoms. The van der Waals surface area contributed by atoms with Gasteiger partial charge in [0, 0.05) is 18.4 Å². The Kier molecular flexibility index (Phi) is 5.24. The summed E-state index contributed by atoms with van der Waals surface area (Å²) in [6, 6.07) is 19.3. The average molecular weight is 320 g/mol. The Bertz CT molecular complexity index is 760. The van der Waals surface area contributed by atoms with Gasteiger partial charge >= 0.3 is 0 Å². The number of benzene rings is 2. The molecule has 0 aliphatic rings. The van der Waals surface area contributed by atoms with E-state index in [9.17, 15) is 0 Å². The van der Waals surface area contributed by atoms with Crippen LogP contribution in [0.25, 0.3) is 0 Å². The van der Waals surface area contributed by atoms with Crippen molar-refractivity contribution in [3.8, 4) is 11.5 Å². The van der Waals surface area contributed by atoms with E-state index in [4.69, 9.17) is 4.74 Å². The molecule has 1 heterocycles. The van der Waals surface area contributed by atoms with Crippen LogP contribution in [0, 0.1) is 0 Å². The smallest absolute Gasteiger partial charge is 0.224 e. The van der Waals surface area contributed by atoms with Gasteiger partial charge in [-0.2, -0.15) is 4.98 Å². The molecule has 2 aromatic carbocycles. The second kappa shape index (κ2) is 7.97. The van der Waals surface area contributed by atoms with Crippen molar-refractivity contribution >= 4 is 17.5 Å². The zero-order chi connectivity index (χ0) is 16.6. The molecule has 1 aromatic heterocycles. The first-order chi connectivity index (χ1) is 11.8. The topological polar surface area (TPSA) is 59.1 Å². The molecule has 3 rings (SSSR count). The normalized spacial score (nSPS) is 10.2. The lowest BCUT2D eigenvalue weighted by Gasteiger charge is -2.09. The van der Waals surface area contributed by atoms with Crippen LogP contribution in [-0.4, -0.2) is 16.5 Å². The third kappa shape index (κ3) is 4.46. The summed E-state index contributed by atoms with van der Waals surface area (Å²) in [6.07, 6.45) is 2.77. The van der Waals surface area contributed by atoms with Gasteiger partial charge in [0.1, 0.15) is 17.3 Å². The third-order valence-electron chi connectivity index (χ3n) is 3.29. The first-order valence-corrected chi connectivity index (χ1v) is 8.00. The number of hydrogen-bond acceptors (Lipinski definition) is 5. The lowest BCUT2D eigenvalue weighted by Crippen LogP contribution is -2.05. The zero-order valence-electron chi connectivity index (χ0n) is 13.6. The van der Waals surface area contributed by atoms with Crippen LogP contribution in [0.15, 0.2) is 66.9 Å². The van der Waals surface area contributed by atoms with Crippen molar-refractivity contribution in [3.05, 3.63) is 66.9 Å². The number of aromatic nitrogens is 2. The van der Waals surface area contributed by atoms with Gasteiger partial charge in [-0.15, -0.1) is 0 Å². The average Bonchev–Trinajstić information content (AvgIpc) is 2.63. The van der Waals surface area contributed by atoms with Crippen molar-refractivity contribution in [2.75, 3.05) is 17.2 Å². The van der Waals surface area contributed by atoms with Crippen LogP contribution in [0.5, 0.6) is 11.5 Å². The molecule has 0 atom stereocenters. The SMILES string of the molecule is CCCNc1nccc(Nc2ccc(Oc3ccccc3)cc2)n1. The highest BCUT2D eigenvalue weighted by Gasteiger charge is 2.01. The minimum Gasteiger partial charge on any atom is -0.457 e. The Balaban J connectivity index is 1.64. The molecule has 0 radical (unpaired) electrons. The Morgan fingerprint density at radius 2 is 1.67 bits per heavy atom. The molecule has 0 fully saturated rings. The van der Waals surface area contributed by atoms with Gasteiger partial charge in [0.2, 0.25) is 5.95 Å². The largest absolute Gasteiger partial charge is 0.457 e. The molecular formula is C19H20N4O. The molecule has 0 aliphatic carbocycles. The highest BCUT2D eigenvalue weighted by atomic mass is 16.5. The summed E-state index contributed by atoms with van der Waals surface area (Å²) in [5.41, 5.74) is 0.940. The maximum atomic E-state index is 5.78. The van der Waals surface area contributed by atoms with Crippen LogP contribution in [-0.2, 0) is 0 Å². The summed E-state index contributed by atoms with van der Waals surface area (Å²) in [4.78, 5) is 8.63. The monoisotopic (exact) mass is 320 g/mol. The standard InChI is InChI=1S/C19H20N4O/c1-2-13-20-19-21-14-12-18(23-19)22-15-8-10-17(11-9-15)24-16-6-4-3-5-7-16/h3-12,14H,2,13H2,1H3,(H2,20,21,22,23). The Morgan fingerprint density at radius 3 is 2.42 bits per heavy atom. The molecule has 0 amide bonds. The lowest BCUT2D eigenvalue weighted by molar-refractivity contribution is 0.483. The van der Waals surface area contributed by atoms with Crippen LogP contribution < -0.4 is 15.4 Å². The lowest BCUT2D eigenvalue weighted by atomic mass is 10.3. The summed E-state index contributed by atoms with van der Waals surface area (Å²) in [6.45, 7) is 2.96. The fourth-order valence-electron chi connectivity index (χ4n) is 2.13. The van der Waals surface area contributed by atoms with E-state index >= 15 is 0 Å². The summed E-state index contributed by atoms with van der Waals surface area (Å²) in [5.74, 6) is 2.99. The van der Waals surface area contributed by atoms with Crippen molar-refractivity contribution in [1.29, 1.82) is 0 Å². The Hall–Kier alpha value is -3.08. The maximum Gasteiger partial charge on any atom is 0.224 e. The van der Waals surface area contributed by atoms with Gasteiger partial charge in [0.25, 0.3) is 0 Å². The van der Waals surface area contributed by atoms with Gasteiger partial charge in [-0.1, -0.05) is 25.1 Å². The van der Waals surface area contributed by atoms with Crippen LogP contribution in [0.4, 0.5) is 17.5 Å². The summed E-state index contributed by atoms with van der Waals surface area (Å²) in [5, 5.41) is 6.44. The van der Waals surface area contributed by atoms with E-state index in [0.29, 0.717) is 5.95 Å². The first-order valence-electron chi connectivity index (χ1n) is 8.00. The molecule has 3 aromatic rings. The second-order valence-corrected chi connectivity index (χ2v) is 5.26. The molecule has 0 aliphatic heterocycles. The zero-order valence-corrected chi connectivity index (χ0v) is 13.6. The number of nitrogens with one attached hydrogen (secondary N) is 2. The van der Waals surface area contributed by atoms with E-state index in [0.717, 1.165) is 36.0 Å². The molecule has 0 saturated heterocycles. The maximum absolute atomic E-state index is 5.78. The molecule has 0 unspecified atom stereocenters. The van der Waals surface area contributed by atoms with Crippen LogP contribution in [0.1, 0.15) is 13.3 Å². The molecule has 2 N–H and O–H groups in total. The Labute approximate surface area is 141 Å². The second-order valence-electron chi connectivity index (χ2n) is 5.26. The first kappa shape index (κ1) is 15.8. The van der Waals surface area contributed by atoms with Crippen LogP contribution in [0.3, 0.4) is 0 Å².